The van der Waals surface area contributed by atoms with Crippen LogP contribution >= 0.6 is 0 Å². The number of allylic oxidation sites excluding steroid dienone is 1. The lowest BCUT2D eigenvalue weighted by Crippen LogP contribution is -2.23. The van der Waals surface area contributed by atoms with E-state index in [4.69, 9.17) is 4.74 Å². The molecule has 0 aliphatic rings. The molecule has 76 valence electrons. The van der Waals surface area contributed by atoms with E-state index in [1.165, 1.54) is 0 Å². The normalized spacial score (nSPS) is 12.5. The van der Waals surface area contributed by atoms with Crippen LogP contribution in [0.25, 0.3) is 0 Å². The minimum absolute atomic E-state index is 0.185. The van der Waals surface area contributed by atoms with Gasteiger partial charge in [0.2, 0.25) is 0 Å². The van der Waals surface area contributed by atoms with Crippen LogP contribution in [0.2, 0.25) is 0 Å². The first kappa shape index (κ1) is 12.4. The molecule has 0 fully saturated rings. The quantitative estimate of drug-likeness (QED) is 0.428. The SMILES string of the molecule is C=CCCCC(=O)C(CC)OCC. The van der Waals surface area contributed by atoms with Gasteiger partial charge in [0.1, 0.15) is 6.10 Å². The number of rotatable bonds is 8. The summed E-state index contributed by atoms with van der Waals surface area (Å²) in [6.07, 6.45) is 4.86. The summed E-state index contributed by atoms with van der Waals surface area (Å²) >= 11 is 0. The third-order valence-electron chi connectivity index (χ3n) is 1.93. The largest absolute Gasteiger partial charge is 0.371 e. The first-order valence-corrected chi connectivity index (χ1v) is 5.01. The van der Waals surface area contributed by atoms with E-state index < -0.39 is 0 Å². The number of Topliss-reactive ketones (excluding diaryl/α,β-unsaturated/α-hetero) is 1. The molecule has 0 amide bonds. The van der Waals surface area contributed by atoms with E-state index >= 15 is 0 Å². The second-order valence-corrected chi connectivity index (χ2v) is 3.00. The van der Waals surface area contributed by atoms with Gasteiger partial charge in [0.05, 0.1) is 0 Å². The van der Waals surface area contributed by atoms with Crippen molar-refractivity contribution in [1.29, 1.82) is 0 Å². The Bertz CT molecular complexity index is 152. The Hall–Kier alpha value is -0.630. The summed E-state index contributed by atoms with van der Waals surface area (Å²) in [5.41, 5.74) is 0. The molecule has 0 saturated heterocycles. The van der Waals surface area contributed by atoms with E-state index in [0.29, 0.717) is 13.0 Å². The number of ketones is 1. The number of ether oxygens (including phenoxy) is 1. The van der Waals surface area contributed by atoms with Crippen LogP contribution in [0.5, 0.6) is 0 Å². The van der Waals surface area contributed by atoms with Gasteiger partial charge >= 0.3 is 0 Å². The van der Waals surface area contributed by atoms with Gasteiger partial charge in [-0.1, -0.05) is 13.0 Å². The van der Waals surface area contributed by atoms with Crippen molar-refractivity contribution in [2.75, 3.05) is 6.61 Å². The molecule has 0 aromatic rings. The van der Waals surface area contributed by atoms with Gasteiger partial charge in [-0.3, -0.25) is 4.79 Å². The first-order chi connectivity index (χ1) is 6.26. The summed E-state index contributed by atoms with van der Waals surface area (Å²) in [4.78, 5) is 11.5. The predicted molar refractivity (Wildman–Crippen MR) is 54.8 cm³/mol. The summed E-state index contributed by atoms with van der Waals surface area (Å²) in [5.74, 6) is 0.228. The third kappa shape index (κ3) is 5.58. The maximum atomic E-state index is 11.5. The Labute approximate surface area is 81.0 Å². The van der Waals surface area contributed by atoms with Gasteiger partial charge < -0.3 is 4.74 Å². The Morgan fingerprint density at radius 3 is 2.69 bits per heavy atom. The molecule has 0 radical (unpaired) electrons. The molecule has 0 aliphatic carbocycles. The van der Waals surface area contributed by atoms with E-state index in [1.54, 1.807) is 0 Å². The summed E-state index contributed by atoms with van der Waals surface area (Å²) in [5, 5.41) is 0. The zero-order chi connectivity index (χ0) is 10.1. The molecule has 0 bridgehead atoms. The molecule has 0 heterocycles. The van der Waals surface area contributed by atoms with Crippen molar-refractivity contribution in [1.82, 2.24) is 0 Å². The molecule has 0 saturated carbocycles. The highest BCUT2D eigenvalue weighted by molar-refractivity contribution is 5.82. The molecular weight excluding hydrogens is 164 g/mol. The molecule has 2 heteroatoms. The fourth-order valence-electron chi connectivity index (χ4n) is 1.22. The summed E-state index contributed by atoms with van der Waals surface area (Å²) in [6.45, 7) is 8.13. The van der Waals surface area contributed by atoms with Crippen molar-refractivity contribution in [3.05, 3.63) is 12.7 Å². The Kier molecular flexibility index (Phi) is 7.60. The fraction of sp³-hybridized carbons (Fsp3) is 0.727. The van der Waals surface area contributed by atoms with Crippen LogP contribution in [0.1, 0.15) is 39.5 Å². The number of hydrogen-bond donors (Lipinski definition) is 0. The maximum Gasteiger partial charge on any atom is 0.161 e. The van der Waals surface area contributed by atoms with Gasteiger partial charge in [-0.25, -0.2) is 0 Å². The van der Waals surface area contributed by atoms with Gasteiger partial charge in [0.15, 0.2) is 5.78 Å². The second kappa shape index (κ2) is 7.99. The Morgan fingerprint density at radius 1 is 1.54 bits per heavy atom. The molecule has 0 aromatic heterocycles. The minimum Gasteiger partial charge on any atom is -0.371 e. The molecule has 0 aliphatic heterocycles. The molecule has 1 atom stereocenters. The molecule has 2 nitrogen and oxygen atoms in total. The highest BCUT2D eigenvalue weighted by atomic mass is 16.5. The smallest absolute Gasteiger partial charge is 0.161 e. The average molecular weight is 184 g/mol. The van der Waals surface area contributed by atoms with Crippen molar-refractivity contribution >= 4 is 5.78 Å². The molecule has 0 spiro atoms. The Balaban J connectivity index is 3.70. The topological polar surface area (TPSA) is 26.3 Å². The van der Waals surface area contributed by atoms with E-state index in [9.17, 15) is 4.79 Å². The molecule has 13 heavy (non-hydrogen) atoms. The lowest BCUT2D eigenvalue weighted by molar-refractivity contribution is -0.130. The fourth-order valence-corrected chi connectivity index (χ4v) is 1.22. The molecular formula is C11H20O2. The average Bonchev–Trinajstić information content (AvgIpc) is 2.14. The minimum atomic E-state index is -0.185. The number of carbonyl (C=O) groups excluding carboxylic acids is 1. The number of hydrogen-bond acceptors (Lipinski definition) is 2. The Morgan fingerprint density at radius 2 is 2.23 bits per heavy atom. The van der Waals surface area contributed by atoms with Crippen LogP contribution in [-0.2, 0) is 9.53 Å². The van der Waals surface area contributed by atoms with Gasteiger partial charge in [0, 0.05) is 13.0 Å². The van der Waals surface area contributed by atoms with Crippen molar-refractivity contribution in [3.8, 4) is 0 Å². The van der Waals surface area contributed by atoms with E-state index in [2.05, 4.69) is 6.58 Å². The lowest BCUT2D eigenvalue weighted by Gasteiger charge is -2.12. The summed E-state index contributed by atoms with van der Waals surface area (Å²) < 4.78 is 5.31. The highest BCUT2D eigenvalue weighted by Crippen LogP contribution is 2.06. The monoisotopic (exact) mass is 184 g/mol. The van der Waals surface area contributed by atoms with Gasteiger partial charge in [-0.15, -0.1) is 6.58 Å². The summed E-state index contributed by atoms with van der Waals surface area (Å²) in [7, 11) is 0. The summed E-state index contributed by atoms with van der Waals surface area (Å²) in [6, 6.07) is 0. The van der Waals surface area contributed by atoms with Crippen LogP contribution in [0, 0.1) is 0 Å². The zero-order valence-electron chi connectivity index (χ0n) is 8.71. The van der Waals surface area contributed by atoms with Crippen LogP contribution in [0.3, 0.4) is 0 Å². The number of carbonyl (C=O) groups is 1. The van der Waals surface area contributed by atoms with Crippen molar-refractivity contribution in [3.63, 3.8) is 0 Å². The highest BCUT2D eigenvalue weighted by Gasteiger charge is 2.14. The van der Waals surface area contributed by atoms with Gasteiger partial charge in [0.25, 0.3) is 0 Å². The molecule has 0 aromatic carbocycles. The second-order valence-electron chi connectivity index (χ2n) is 3.00. The van der Waals surface area contributed by atoms with Crippen molar-refractivity contribution < 1.29 is 9.53 Å². The van der Waals surface area contributed by atoms with E-state index in [1.807, 2.05) is 19.9 Å². The van der Waals surface area contributed by atoms with E-state index in [0.717, 1.165) is 19.3 Å². The zero-order valence-corrected chi connectivity index (χ0v) is 8.71. The maximum absolute atomic E-state index is 11.5. The molecule has 0 rings (SSSR count). The molecule has 1 unspecified atom stereocenters. The van der Waals surface area contributed by atoms with Crippen LogP contribution in [0.15, 0.2) is 12.7 Å². The first-order valence-electron chi connectivity index (χ1n) is 5.01. The van der Waals surface area contributed by atoms with Gasteiger partial charge in [-0.2, -0.15) is 0 Å². The standard InChI is InChI=1S/C11H20O2/c1-4-7-8-9-10(12)11(5-2)13-6-3/h4,11H,1,5-9H2,2-3H3. The van der Waals surface area contributed by atoms with Crippen LogP contribution in [0.4, 0.5) is 0 Å². The lowest BCUT2D eigenvalue weighted by atomic mass is 10.1. The number of unbranched alkanes of at least 4 members (excludes halogenated alkanes) is 1. The molecule has 0 N–H and O–H groups in total. The third-order valence-corrected chi connectivity index (χ3v) is 1.93. The van der Waals surface area contributed by atoms with E-state index in [-0.39, 0.29) is 11.9 Å². The van der Waals surface area contributed by atoms with Crippen LogP contribution < -0.4 is 0 Å². The predicted octanol–water partition coefficient (Wildman–Crippen LogP) is 2.73. The van der Waals surface area contributed by atoms with Crippen molar-refractivity contribution in [2.45, 2.75) is 45.6 Å². The van der Waals surface area contributed by atoms with Crippen LogP contribution in [-0.4, -0.2) is 18.5 Å². The van der Waals surface area contributed by atoms with Crippen molar-refractivity contribution in [2.24, 2.45) is 0 Å². The van der Waals surface area contributed by atoms with Gasteiger partial charge in [-0.05, 0) is 26.2 Å².